The second kappa shape index (κ2) is 4.83. The van der Waals surface area contributed by atoms with Crippen molar-refractivity contribution >= 4 is 21.4 Å². The van der Waals surface area contributed by atoms with Crippen LogP contribution in [0, 0.1) is 0 Å². The van der Waals surface area contributed by atoms with Crippen LogP contribution >= 0.6 is 0 Å². The maximum atomic E-state index is 12.0. The minimum absolute atomic E-state index is 0.0451. The summed E-state index contributed by atoms with van der Waals surface area (Å²) in [5, 5.41) is 0. The second-order valence-corrected chi connectivity index (χ2v) is 7.91. The fourth-order valence-electron chi connectivity index (χ4n) is 3.34. The SMILES string of the molecule is C[C@H]1Cc2cc(-c3cn4ccccc4n3)ccc2N1S(C)(=O)=O. The number of anilines is 1. The van der Waals surface area contributed by atoms with Crippen molar-refractivity contribution in [1.82, 2.24) is 9.38 Å². The summed E-state index contributed by atoms with van der Waals surface area (Å²) in [6.07, 6.45) is 5.94. The fourth-order valence-corrected chi connectivity index (χ4v) is 4.60. The van der Waals surface area contributed by atoms with E-state index in [1.807, 2.05) is 54.0 Å². The number of sulfonamides is 1. The van der Waals surface area contributed by atoms with Crippen LogP contribution in [0.2, 0.25) is 0 Å². The lowest BCUT2D eigenvalue weighted by molar-refractivity contribution is 0.590. The van der Waals surface area contributed by atoms with Gasteiger partial charge in [-0.15, -0.1) is 0 Å². The first-order chi connectivity index (χ1) is 10.9. The number of hydrogen-bond acceptors (Lipinski definition) is 3. The van der Waals surface area contributed by atoms with Crippen LogP contribution in [-0.4, -0.2) is 30.1 Å². The summed E-state index contributed by atoms with van der Waals surface area (Å²) in [6.45, 7) is 1.94. The molecule has 23 heavy (non-hydrogen) atoms. The summed E-state index contributed by atoms with van der Waals surface area (Å²) < 4.78 is 27.5. The quantitative estimate of drug-likeness (QED) is 0.727. The molecule has 0 saturated carbocycles. The van der Waals surface area contributed by atoms with Crippen LogP contribution in [-0.2, 0) is 16.4 Å². The van der Waals surface area contributed by atoms with E-state index in [0.717, 1.165) is 34.6 Å². The third-order valence-electron chi connectivity index (χ3n) is 4.25. The van der Waals surface area contributed by atoms with Gasteiger partial charge in [0.2, 0.25) is 10.0 Å². The number of hydrogen-bond donors (Lipinski definition) is 0. The molecule has 0 amide bonds. The molecule has 1 atom stereocenters. The Bertz CT molecular complexity index is 975. The molecule has 0 radical (unpaired) electrons. The van der Waals surface area contributed by atoms with Crippen LogP contribution in [0.5, 0.6) is 0 Å². The molecule has 3 aromatic rings. The van der Waals surface area contributed by atoms with E-state index in [1.54, 1.807) is 0 Å². The van der Waals surface area contributed by atoms with Gasteiger partial charge in [0.05, 0.1) is 17.6 Å². The van der Waals surface area contributed by atoms with E-state index in [9.17, 15) is 8.42 Å². The zero-order chi connectivity index (χ0) is 16.2. The molecular formula is C17H17N3O2S. The lowest BCUT2D eigenvalue weighted by Gasteiger charge is -2.21. The average molecular weight is 327 g/mol. The molecule has 0 unspecified atom stereocenters. The highest BCUT2D eigenvalue weighted by molar-refractivity contribution is 7.92. The Labute approximate surface area is 135 Å². The molecule has 0 saturated heterocycles. The van der Waals surface area contributed by atoms with E-state index in [-0.39, 0.29) is 6.04 Å². The highest BCUT2D eigenvalue weighted by Crippen LogP contribution is 2.36. The number of nitrogens with zero attached hydrogens (tertiary/aromatic N) is 3. The van der Waals surface area contributed by atoms with E-state index in [1.165, 1.54) is 10.6 Å². The summed E-state index contributed by atoms with van der Waals surface area (Å²) >= 11 is 0. The average Bonchev–Trinajstić information content (AvgIpc) is 3.05. The van der Waals surface area contributed by atoms with Gasteiger partial charge in [0.1, 0.15) is 5.65 Å². The summed E-state index contributed by atoms with van der Waals surface area (Å²) in [6, 6.07) is 11.7. The van der Waals surface area contributed by atoms with Crippen LogP contribution < -0.4 is 4.31 Å². The minimum Gasteiger partial charge on any atom is -0.306 e. The fraction of sp³-hybridized carbons (Fsp3) is 0.235. The predicted molar refractivity (Wildman–Crippen MR) is 91.1 cm³/mol. The Morgan fingerprint density at radius 1 is 1.22 bits per heavy atom. The standard InChI is InChI=1S/C17H17N3O2S/c1-12-9-14-10-13(6-7-16(14)20(12)23(2,21)22)15-11-19-8-4-3-5-17(19)18-15/h3-8,10-12H,9H2,1-2H3/t12-/m0/s1. The summed E-state index contributed by atoms with van der Waals surface area (Å²) in [5.41, 5.74) is 4.64. The third-order valence-corrected chi connectivity index (χ3v) is 5.52. The lowest BCUT2D eigenvalue weighted by Crippen LogP contribution is -2.34. The first kappa shape index (κ1) is 14.3. The van der Waals surface area contributed by atoms with Gasteiger partial charge in [-0.1, -0.05) is 12.1 Å². The van der Waals surface area contributed by atoms with Crippen LogP contribution in [0.1, 0.15) is 12.5 Å². The van der Waals surface area contributed by atoms with Crippen molar-refractivity contribution in [2.24, 2.45) is 0 Å². The zero-order valence-electron chi connectivity index (χ0n) is 13.0. The molecule has 3 heterocycles. The monoisotopic (exact) mass is 327 g/mol. The highest BCUT2D eigenvalue weighted by atomic mass is 32.2. The van der Waals surface area contributed by atoms with Gasteiger partial charge >= 0.3 is 0 Å². The van der Waals surface area contributed by atoms with Crippen molar-refractivity contribution in [3.8, 4) is 11.3 Å². The lowest BCUT2D eigenvalue weighted by atomic mass is 10.1. The summed E-state index contributed by atoms with van der Waals surface area (Å²) in [5.74, 6) is 0. The Morgan fingerprint density at radius 3 is 2.78 bits per heavy atom. The molecule has 118 valence electrons. The number of rotatable bonds is 2. The van der Waals surface area contributed by atoms with Crippen molar-refractivity contribution in [2.75, 3.05) is 10.6 Å². The van der Waals surface area contributed by atoms with E-state index in [2.05, 4.69) is 11.1 Å². The van der Waals surface area contributed by atoms with Crippen molar-refractivity contribution in [2.45, 2.75) is 19.4 Å². The topological polar surface area (TPSA) is 54.7 Å². The number of aromatic nitrogens is 2. The molecule has 4 rings (SSSR count). The normalized spacial score (nSPS) is 17.7. The molecule has 0 bridgehead atoms. The van der Waals surface area contributed by atoms with Gasteiger partial charge < -0.3 is 4.40 Å². The van der Waals surface area contributed by atoms with Crippen LogP contribution in [0.3, 0.4) is 0 Å². The molecule has 0 spiro atoms. The Morgan fingerprint density at radius 2 is 2.04 bits per heavy atom. The van der Waals surface area contributed by atoms with Crippen LogP contribution in [0.15, 0.2) is 48.8 Å². The highest BCUT2D eigenvalue weighted by Gasteiger charge is 2.32. The van der Waals surface area contributed by atoms with Gasteiger partial charge in [0, 0.05) is 24.0 Å². The number of benzene rings is 1. The van der Waals surface area contributed by atoms with E-state index in [0.29, 0.717) is 0 Å². The molecule has 1 aliphatic rings. The van der Waals surface area contributed by atoms with Crippen molar-refractivity contribution in [3.63, 3.8) is 0 Å². The van der Waals surface area contributed by atoms with Gasteiger partial charge in [-0.05, 0) is 43.2 Å². The van der Waals surface area contributed by atoms with Gasteiger partial charge in [-0.3, -0.25) is 4.31 Å². The Balaban J connectivity index is 1.81. The van der Waals surface area contributed by atoms with Crippen molar-refractivity contribution in [3.05, 3.63) is 54.4 Å². The molecule has 6 heteroatoms. The molecule has 1 aliphatic heterocycles. The third kappa shape index (κ3) is 2.30. The van der Waals surface area contributed by atoms with Crippen molar-refractivity contribution in [1.29, 1.82) is 0 Å². The Kier molecular flexibility index (Phi) is 2.99. The molecule has 5 nitrogen and oxygen atoms in total. The zero-order valence-corrected chi connectivity index (χ0v) is 13.8. The van der Waals surface area contributed by atoms with Gasteiger partial charge in [0.25, 0.3) is 0 Å². The van der Waals surface area contributed by atoms with Gasteiger partial charge in [-0.2, -0.15) is 0 Å². The summed E-state index contributed by atoms with van der Waals surface area (Å²) in [4.78, 5) is 4.63. The first-order valence-corrected chi connectivity index (χ1v) is 9.35. The molecule has 2 aromatic heterocycles. The molecule has 0 fully saturated rings. The van der Waals surface area contributed by atoms with Gasteiger partial charge in [-0.25, -0.2) is 13.4 Å². The molecular weight excluding hydrogens is 310 g/mol. The van der Waals surface area contributed by atoms with E-state index < -0.39 is 10.0 Å². The summed E-state index contributed by atoms with van der Waals surface area (Å²) in [7, 11) is -3.25. The first-order valence-electron chi connectivity index (χ1n) is 7.50. The molecule has 0 N–H and O–H groups in total. The van der Waals surface area contributed by atoms with E-state index >= 15 is 0 Å². The number of fused-ring (bicyclic) bond motifs is 2. The predicted octanol–water partition coefficient (Wildman–Crippen LogP) is 2.71. The minimum atomic E-state index is -3.25. The largest absolute Gasteiger partial charge is 0.306 e. The smallest absolute Gasteiger partial charge is 0.232 e. The molecule has 1 aromatic carbocycles. The second-order valence-electron chi connectivity index (χ2n) is 6.05. The number of pyridine rings is 1. The Hall–Kier alpha value is -2.34. The maximum Gasteiger partial charge on any atom is 0.232 e. The van der Waals surface area contributed by atoms with Crippen LogP contribution in [0.4, 0.5) is 5.69 Å². The van der Waals surface area contributed by atoms with Crippen LogP contribution in [0.25, 0.3) is 16.9 Å². The maximum absolute atomic E-state index is 12.0. The number of imidazole rings is 1. The van der Waals surface area contributed by atoms with E-state index in [4.69, 9.17) is 0 Å². The van der Waals surface area contributed by atoms with Gasteiger partial charge in [0.15, 0.2) is 0 Å². The van der Waals surface area contributed by atoms with Crippen molar-refractivity contribution < 1.29 is 8.42 Å². The molecule has 0 aliphatic carbocycles.